The quantitative estimate of drug-likeness (QED) is 0.731. The minimum Gasteiger partial charge on any atom is -0.496 e. The minimum absolute atomic E-state index is 0.354. The fourth-order valence-electron chi connectivity index (χ4n) is 5.65. The lowest BCUT2D eigenvalue weighted by atomic mass is 9.48. The van der Waals surface area contributed by atoms with Crippen LogP contribution in [0.1, 0.15) is 49.7 Å². The maximum atomic E-state index is 5.67. The minimum atomic E-state index is 0.354. The Bertz CT molecular complexity index is 543. The van der Waals surface area contributed by atoms with Gasteiger partial charge in [-0.25, -0.2) is 0 Å². The van der Waals surface area contributed by atoms with Crippen LogP contribution in [-0.4, -0.2) is 7.11 Å². The molecule has 4 saturated carbocycles. The zero-order valence-corrected chi connectivity index (χ0v) is 12.2. The summed E-state index contributed by atoms with van der Waals surface area (Å²) >= 11 is 0. The molecule has 5 rings (SSSR count). The molecule has 20 heavy (non-hydrogen) atoms. The van der Waals surface area contributed by atoms with Crippen LogP contribution in [0.5, 0.6) is 5.75 Å². The highest BCUT2D eigenvalue weighted by Crippen LogP contribution is 2.61. The molecule has 1 heteroatoms. The van der Waals surface area contributed by atoms with Crippen LogP contribution in [0.15, 0.2) is 18.2 Å². The SMILES string of the molecule is C#Cc1ccc(OC)c(C23CC4CC(CC(C4)C2)C3)c1. The highest BCUT2D eigenvalue weighted by atomic mass is 16.5. The molecular formula is C19H22O. The van der Waals surface area contributed by atoms with Crippen molar-refractivity contribution in [2.75, 3.05) is 7.11 Å². The zero-order chi connectivity index (χ0) is 13.7. The predicted octanol–water partition coefficient (Wildman–Crippen LogP) is 4.14. The van der Waals surface area contributed by atoms with E-state index in [1.165, 1.54) is 44.1 Å². The normalized spacial score (nSPS) is 37.7. The Morgan fingerprint density at radius 3 is 2.20 bits per heavy atom. The average molecular weight is 266 g/mol. The lowest BCUT2D eigenvalue weighted by Gasteiger charge is -2.57. The van der Waals surface area contributed by atoms with Gasteiger partial charge >= 0.3 is 0 Å². The first-order chi connectivity index (χ1) is 9.72. The summed E-state index contributed by atoms with van der Waals surface area (Å²) < 4.78 is 5.67. The molecule has 0 saturated heterocycles. The molecule has 4 fully saturated rings. The van der Waals surface area contributed by atoms with E-state index in [1.54, 1.807) is 7.11 Å². The molecule has 0 unspecified atom stereocenters. The maximum Gasteiger partial charge on any atom is 0.122 e. The van der Waals surface area contributed by atoms with E-state index in [-0.39, 0.29) is 0 Å². The first-order valence-electron chi connectivity index (χ1n) is 7.87. The monoisotopic (exact) mass is 266 g/mol. The summed E-state index contributed by atoms with van der Waals surface area (Å²) in [7, 11) is 1.79. The molecule has 0 spiro atoms. The second-order valence-electron chi connectivity index (χ2n) is 7.26. The summed E-state index contributed by atoms with van der Waals surface area (Å²) in [6.45, 7) is 0. The number of hydrogen-bond donors (Lipinski definition) is 0. The number of methoxy groups -OCH3 is 1. The number of ether oxygens (including phenoxy) is 1. The summed E-state index contributed by atoms with van der Waals surface area (Å²) in [4.78, 5) is 0. The van der Waals surface area contributed by atoms with Crippen LogP contribution in [0, 0.1) is 30.1 Å². The van der Waals surface area contributed by atoms with Crippen LogP contribution in [0.4, 0.5) is 0 Å². The topological polar surface area (TPSA) is 9.23 Å². The van der Waals surface area contributed by atoms with Gasteiger partial charge in [-0.1, -0.05) is 5.92 Å². The number of terminal acetylenes is 1. The third-order valence-corrected chi connectivity index (χ3v) is 5.98. The fourth-order valence-corrected chi connectivity index (χ4v) is 5.65. The second kappa shape index (κ2) is 4.29. The standard InChI is InChI=1S/C19H22O/c1-3-13-4-5-18(20-2)17(9-13)19-10-14-6-15(11-19)8-16(7-14)12-19/h1,4-5,9,14-16H,6-8,10-12H2,2H3. The van der Waals surface area contributed by atoms with E-state index < -0.39 is 0 Å². The largest absolute Gasteiger partial charge is 0.496 e. The predicted molar refractivity (Wildman–Crippen MR) is 80.8 cm³/mol. The molecule has 4 bridgehead atoms. The molecule has 1 aromatic carbocycles. The van der Waals surface area contributed by atoms with Gasteiger partial charge in [0.2, 0.25) is 0 Å². The van der Waals surface area contributed by atoms with E-state index >= 15 is 0 Å². The first kappa shape index (κ1) is 12.3. The lowest BCUT2D eigenvalue weighted by Crippen LogP contribution is -2.48. The first-order valence-corrected chi connectivity index (χ1v) is 7.87. The molecule has 0 radical (unpaired) electrons. The van der Waals surface area contributed by atoms with Crippen molar-refractivity contribution in [1.82, 2.24) is 0 Å². The van der Waals surface area contributed by atoms with Gasteiger partial charge in [0, 0.05) is 11.1 Å². The average Bonchev–Trinajstić information content (AvgIpc) is 2.45. The fraction of sp³-hybridized carbons (Fsp3) is 0.579. The van der Waals surface area contributed by atoms with E-state index in [9.17, 15) is 0 Å². The zero-order valence-electron chi connectivity index (χ0n) is 12.2. The van der Waals surface area contributed by atoms with Crippen molar-refractivity contribution in [1.29, 1.82) is 0 Å². The van der Waals surface area contributed by atoms with E-state index in [0.717, 1.165) is 29.1 Å². The lowest BCUT2D eigenvalue weighted by molar-refractivity contribution is -0.00616. The molecule has 0 aromatic heterocycles. The van der Waals surface area contributed by atoms with Gasteiger partial charge in [0.15, 0.2) is 0 Å². The van der Waals surface area contributed by atoms with E-state index in [1.807, 2.05) is 6.07 Å². The summed E-state index contributed by atoms with van der Waals surface area (Å²) in [5, 5.41) is 0. The van der Waals surface area contributed by atoms with E-state index in [2.05, 4.69) is 18.1 Å². The smallest absolute Gasteiger partial charge is 0.122 e. The summed E-state index contributed by atoms with van der Waals surface area (Å²) in [5.74, 6) is 6.68. The molecule has 4 aliphatic rings. The van der Waals surface area contributed by atoms with Gasteiger partial charge in [0.1, 0.15) is 5.75 Å². The maximum absolute atomic E-state index is 5.67. The Hall–Kier alpha value is -1.42. The van der Waals surface area contributed by atoms with E-state index in [4.69, 9.17) is 11.2 Å². The Balaban J connectivity index is 1.82. The van der Waals surface area contributed by atoms with Crippen molar-refractivity contribution in [3.05, 3.63) is 29.3 Å². The molecule has 0 N–H and O–H groups in total. The molecule has 104 valence electrons. The van der Waals surface area contributed by atoms with Gasteiger partial charge in [-0.15, -0.1) is 6.42 Å². The van der Waals surface area contributed by atoms with Crippen molar-refractivity contribution in [2.24, 2.45) is 17.8 Å². The van der Waals surface area contributed by atoms with Crippen LogP contribution < -0.4 is 4.74 Å². The van der Waals surface area contributed by atoms with Gasteiger partial charge in [0.05, 0.1) is 7.11 Å². The second-order valence-corrected chi connectivity index (χ2v) is 7.26. The number of hydrogen-bond acceptors (Lipinski definition) is 1. The third-order valence-electron chi connectivity index (χ3n) is 5.98. The Morgan fingerprint density at radius 2 is 1.70 bits per heavy atom. The van der Waals surface area contributed by atoms with Gasteiger partial charge in [0.25, 0.3) is 0 Å². The molecule has 1 aromatic rings. The highest BCUT2D eigenvalue weighted by Gasteiger charge is 2.52. The molecule has 0 atom stereocenters. The van der Waals surface area contributed by atoms with Crippen LogP contribution in [0.25, 0.3) is 0 Å². The van der Waals surface area contributed by atoms with Crippen LogP contribution >= 0.6 is 0 Å². The van der Waals surface area contributed by atoms with Crippen LogP contribution in [-0.2, 0) is 5.41 Å². The molecule has 4 aliphatic carbocycles. The Kier molecular flexibility index (Phi) is 2.64. The molecule has 0 aliphatic heterocycles. The van der Waals surface area contributed by atoms with Gasteiger partial charge in [-0.2, -0.15) is 0 Å². The van der Waals surface area contributed by atoms with E-state index in [0.29, 0.717) is 5.41 Å². The van der Waals surface area contributed by atoms with Crippen LogP contribution in [0.2, 0.25) is 0 Å². The van der Waals surface area contributed by atoms with Gasteiger partial charge < -0.3 is 4.74 Å². The molecular weight excluding hydrogens is 244 g/mol. The van der Waals surface area contributed by atoms with Crippen molar-refractivity contribution in [3.63, 3.8) is 0 Å². The summed E-state index contributed by atoms with van der Waals surface area (Å²) in [6, 6.07) is 6.30. The van der Waals surface area contributed by atoms with Gasteiger partial charge in [-0.05, 0) is 79.9 Å². The van der Waals surface area contributed by atoms with Crippen molar-refractivity contribution in [3.8, 4) is 18.1 Å². The van der Waals surface area contributed by atoms with Gasteiger partial charge in [-0.3, -0.25) is 0 Å². The number of benzene rings is 1. The van der Waals surface area contributed by atoms with Crippen molar-refractivity contribution >= 4 is 0 Å². The molecule has 0 heterocycles. The Morgan fingerprint density at radius 1 is 1.10 bits per heavy atom. The summed E-state index contributed by atoms with van der Waals surface area (Å²) in [5.41, 5.74) is 2.75. The van der Waals surface area contributed by atoms with Crippen molar-refractivity contribution < 1.29 is 4.74 Å². The Labute approximate surface area is 121 Å². The number of rotatable bonds is 2. The molecule has 1 nitrogen and oxygen atoms in total. The van der Waals surface area contributed by atoms with Crippen molar-refractivity contribution in [2.45, 2.75) is 43.9 Å². The van der Waals surface area contributed by atoms with Crippen LogP contribution in [0.3, 0.4) is 0 Å². The third kappa shape index (κ3) is 1.71. The summed E-state index contributed by atoms with van der Waals surface area (Å²) in [6.07, 6.45) is 14.1. The molecule has 0 amide bonds. The highest BCUT2D eigenvalue weighted by molar-refractivity contribution is 5.48.